The average molecular weight is 414 g/mol. The third-order valence-corrected chi connectivity index (χ3v) is 5.74. The van der Waals surface area contributed by atoms with Crippen LogP contribution in [0.5, 0.6) is 0 Å². The molecule has 1 N–H and O–H groups in total. The van der Waals surface area contributed by atoms with E-state index < -0.39 is 35.6 Å². The summed E-state index contributed by atoms with van der Waals surface area (Å²) in [5.41, 5.74) is -0.285. The molecule has 0 bridgehead atoms. The first-order chi connectivity index (χ1) is 12.6. The molecule has 0 aliphatic heterocycles. The molecule has 142 valence electrons. The molecule has 0 spiro atoms. The second-order valence-corrected chi connectivity index (χ2v) is 8.07. The summed E-state index contributed by atoms with van der Waals surface area (Å²) in [6.07, 6.45) is -3.11. The Kier molecular flexibility index (Phi) is 5.31. The minimum absolute atomic E-state index is 0.0798. The maximum Gasteiger partial charge on any atom is 0.435 e. The van der Waals surface area contributed by atoms with Crippen molar-refractivity contribution in [3.8, 4) is 21.0 Å². The fraction of sp³-hybridized carbons (Fsp3) is 0.176. The Morgan fingerprint density at radius 1 is 1.26 bits per heavy atom. The van der Waals surface area contributed by atoms with Crippen molar-refractivity contribution in [1.82, 2.24) is 9.78 Å². The molecule has 0 fully saturated rings. The predicted octanol–water partition coefficient (Wildman–Crippen LogP) is 4.12. The summed E-state index contributed by atoms with van der Waals surface area (Å²) in [6, 6.07) is 11.2. The number of hydrogen-bond donors (Lipinski definition) is 1. The molecule has 0 amide bonds. The van der Waals surface area contributed by atoms with Crippen LogP contribution >= 0.6 is 11.3 Å². The van der Waals surface area contributed by atoms with E-state index in [9.17, 15) is 22.5 Å². The first-order valence-electron chi connectivity index (χ1n) is 7.56. The van der Waals surface area contributed by atoms with Crippen LogP contribution in [0.4, 0.5) is 13.2 Å². The van der Waals surface area contributed by atoms with Gasteiger partial charge in [-0.1, -0.05) is 12.1 Å². The van der Waals surface area contributed by atoms with Crippen molar-refractivity contribution in [2.24, 2.45) is 0 Å². The molecule has 10 heteroatoms. The van der Waals surface area contributed by atoms with Gasteiger partial charge < -0.3 is 9.66 Å². The lowest BCUT2D eigenvalue weighted by Crippen LogP contribution is -2.13. The number of alkyl halides is 3. The van der Waals surface area contributed by atoms with Gasteiger partial charge in [0.1, 0.15) is 12.8 Å². The van der Waals surface area contributed by atoms with Crippen LogP contribution in [0, 0.1) is 0 Å². The summed E-state index contributed by atoms with van der Waals surface area (Å²) < 4.78 is 51.4. The highest BCUT2D eigenvalue weighted by Crippen LogP contribution is 2.37. The normalized spacial score (nSPS) is 12.9. The van der Waals surface area contributed by atoms with E-state index in [-0.39, 0.29) is 5.69 Å². The Morgan fingerprint density at radius 2 is 1.96 bits per heavy atom. The number of rotatable bonds is 5. The Morgan fingerprint density at radius 3 is 2.59 bits per heavy atom. The Hall–Kier alpha value is -2.30. The molecule has 0 radical (unpaired) electrons. The molecule has 0 aliphatic rings. The Bertz CT molecular complexity index is 980. The number of thiophene rings is 1. The smallest absolute Gasteiger partial charge is 0.435 e. The van der Waals surface area contributed by atoms with Gasteiger partial charge in [-0.3, -0.25) is 9.48 Å². The van der Waals surface area contributed by atoms with E-state index in [2.05, 4.69) is 5.10 Å². The van der Waals surface area contributed by atoms with Crippen molar-refractivity contribution in [3.05, 3.63) is 48.2 Å². The second-order valence-electron chi connectivity index (χ2n) is 5.61. The highest BCUT2D eigenvalue weighted by atomic mass is 32.2. The maximum atomic E-state index is 13.0. The van der Waals surface area contributed by atoms with E-state index in [1.807, 2.05) is 6.07 Å². The zero-order valence-electron chi connectivity index (χ0n) is 13.9. The summed E-state index contributed by atoms with van der Waals surface area (Å²) in [7, 11) is 0. The van der Waals surface area contributed by atoms with Gasteiger partial charge in [0.15, 0.2) is 10.6 Å². The van der Waals surface area contributed by atoms with Crippen molar-refractivity contribution in [1.29, 1.82) is 0 Å². The molecule has 3 aromatic rings. The van der Waals surface area contributed by atoms with Crippen molar-refractivity contribution < 1.29 is 27.6 Å². The summed E-state index contributed by atoms with van der Waals surface area (Å²) >= 11 is 0.0457. The van der Waals surface area contributed by atoms with Gasteiger partial charge in [-0.2, -0.15) is 18.3 Å². The SMILES string of the molecule is C[S+]([O-])c1cccc(-c2ccc(-c3cc(C(F)(F)F)nn3CC(=O)O)s2)c1. The second kappa shape index (κ2) is 7.37. The van der Waals surface area contributed by atoms with Crippen LogP contribution in [-0.2, 0) is 28.7 Å². The van der Waals surface area contributed by atoms with Crippen molar-refractivity contribution in [2.75, 3.05) is 6.26 Å². The van der Waals surface area contributed by atoms with E-state index in [0.717, 1.165) is 21.2 Å². The van der Waals surface area contributed by atoms with Crippen LogP contribution in [0.3, 0.4) is 0 Å². The number of carboxylic acids is 1. The zero-order valence-corrected chi connectivity index (χ0v) is 15.5. The predicted molar refractivity (Wildman–Crippen MR) is 95.9 cm³/mol. The van der Waals surface area contributed by atoms with E-state index in [1.54, 1.807) is 36.6 Å². The lowest BCUT2D eigenvalue weighted by atomic mass is 10.2. The number of halogens is 3. The highest BCUT2D eigenvalue weighted by molar-refractivity contribution is 7.90. The molecule has 2 heterocycles. The number of aliphatic carboxylic acids is 1. The highest BCUT2D eigenvalue weighted by Gasteiger charge is 2.35. The third kappa shape index (κ3) is 4.34. The van der Waals surface area contributed by atoms with Crippen LogP contribution in [0.2, 0.25) is 0 Å². The van der Waals surface area contributed by atoms with E-state index in [4.69, 9.17) is 5.11 Å². The first-order valence-corrected chi connectivity index (χ1v) is 9.93. The summed E-state index contributed by atoms with van der Waals surface area (Å²) in [5, 5.41) is 12.3. The van der Waals surface area contributed by atoms with Crippen LogP contribution in [-0.4, -0.2) is 31.7 Å². The minimum Gasteiger partial charge on any atom is -0.612 e. The quantitative estimate of drug-likeness (QED) is 0.637. The number of hydrogen-bond acceptors (Lipinski definition) is 4. The van der Waals surface area contributed by atoms with Gasteiger partial charge in [-0.15, -0.1) is 11.3 Å². The van der Waals surface area contributed by atoms with E-state index in [1.165, 1.54) is 11.3 Å². The van der Waals surface area contributed by atoms with E-state index >= 15 is 0 Å². The number of nitrogens with zero attached hydrogens (tertiary/aromatic N) is 2. The number of carbonyl (C=O) groups is 1. The standard InChI is InChI=1S/C17H13F3N2O3S2/c1-27(25)11-4-2-3-10(7-11)13-5-6-14(26-13)12-8-15(17(18,19)20)21-22(12)9-16(23)24/h2-8H,9H2,1H3,(H,23,24). The molecule has 1 aromatic carbocycles. The van der Waals surface area contributed by atoms with Crippen LogP contribution in [0.25, 0.3) is 21.0 Å². The molecule has 2 aromatic heterocycles. The summed E-state index contributed by atoms with van der Waals surface area (Å²) in [4.78, 5) is 12.8. The van der Waals surface area contributed by atoms with Gasteiger partial charge in [0, 0.05) is 10.9 Å². The topological polar surface area (TPSA) is 78.2 Å². The van der Waals surface area contributed by atoms with E-state index in [0.29, 0.717) is 9.77 Å². The van der Waals surface area contributed by atoms with Crippen LogP contribution in [0.1, 0.15) is 5.69 Å². The molecular weight excluding hydrogens is 401 g/mol. The van der Waals surface area contributed by atoms with Crippen molar-refractivity contribution >= 4 is 28.5 Å². The average Bonchev–Trinajstić information content (AvgIpc) is 3.20. The molecule has 0 saturated carbocycles. The minimum atomic E-state index is -4.67. The molecule has 1 atom stereocenters. The van der Waals surface area contributed by atoms with Gasteiger partial charge in [0.2, 0.25) is 0 Å². The number of aromatic nitrogens is 2. The van der Waals surface area contributed by atoms with Gasteiger partial charge in [0.05, 0.1) is 10.6 Å². The fourth-order valence-corrected chi connectivity index (χ4v) is 4.05. The van der Waals surface area contributed by atoms with Gasteiger partial charge in [-0.25, -0.2) is 0 Å². The van der Waals surface area contributed by atoms with Crippen LogP contribution in [0.15, 0.2) is 47.4 Å². The lowest BCUT2D eigenvalue weighted by molar-refractivity contribution is -0.143. The molecule has 0 aliphatic carbocycles. The van der Waals surface area contributed by atoms with Crippen molar-refractivity contribution in [2.45, 2.75) is 17.6 Å². The summed E-state index contributed by atoms with van der Waals surface area (Å²) in [5.74, 6) is -1.29. The van der Waals surface area contributed by atoms with Crippen LogP contribution < -0.4 is 0 Å². The molecule has 0 saturated heterocycles. The fourth-order valence-electron chi connectivity index (χ4n) is 2.46. The molecule has 27 heavy (non-hydrogen) atoms. The third-order valence-electron chi connectivity index (χ3n) is 3.66. The molecule has 5 nitrogen and oxygen atoms in total. The van der Waals surface area contributed by atoms with Gasteiger partial charge in [0.25, 0.3) is 0 Å². The Labute approximate surface area is 159 Å². The summed E-state index contributed by atoms with van der Waals surface area (Å²) in [6.45, 7) is -0.678. The number of carboxylic acid groups (broad SMARTS) is 1. The van der Waals surface area contributed by atoms with Gasteiger partial charge in [-0.05, 0) is 41.0 Å². The van der Waals surface area contributed by atoms with Gasteiger partial charge >= 0.3 is 12.1 Å². The zero-order chi connectivity index (χ0) is 19.8. The van der Waals surface area contributed by atoms with Crippen molar-refractivity contribution in [3.63, 3.8) is 0 Å². The molecule has 1 unspecified atom stereocenters. The largest absolute Gasteiger partial charge is 0.612 e. The molecular formula is C17H13F3N2O3S2. The maximum absolute atomic E-state index is 13.0. The molecule has 3 rings (SSSR count). The lowest BCUT2D eigenvalue weighted by Gasteiger charge is -2.05. The first kappa shape index (κ1) is 19.5. The number of benzene rings is 1. The monoisotopic (exact) mass is 414 g/mol. The Balaban J connectivity index is 2.02.